The van der Waals surface area contributed by atoms with Crippen molar-refractivity contribution in [2.45, 2.75) is 6.42 Å². The fourth-order valence-electron chi connectivity index (χ4n) is 1.07. The second-order valence-corrected chi connectivity index (χ2v) is 3.61. The molecule has 0 atom stereocenters. The van der Waals surface area contributed by atoms with E-state index in [1.807, 2.05) is 0 Å². The summed E-state index contributed by atoms with van der Waals surface area (Å²) in [5, 5.41) is 9.43. The molecule has 1 amide bonds. The van der Waals surface area contributed by atoms with E-state index in [1.54, 1.807) is 6.07 Å². The van der Waals surface area contributed by atoms with Gasteiger partial charge in [0.05, 0.1) is 13.5 Å². The van der Waals surface area contributed by atoms with Crippen LogP contribution < -0.4 is 10.5 Å². The standard InChI is InChI=1S/C9H10BrNO3/c1-14-8-4-6(10)5(2-7(8)12)3-9(11)13/h2,4,12H,3H2,1H3,(H2,11,13). The van der Waals surface area contributed by atoms with Crippen molar-refractivity contribution in [1.82, 2.24) is 0 Å². The number of rotatable bonds is 3. The van der Waals surface area contributed by atoms with Gasteiger partial charge in [0.2, 0.25) is 5.91 Å². The third-order valence-electron chi connectivity index (χ3n) is 1.71. The van der Waals surface area contributed by atoms with Crippen LogP contribution in [0, 0.1) is 0 Å². The highest BCUT2D eigenvalue weighted by Gasteiger charge is 2.09. The maximum atomic E-state index is 10.7. The Kier molecular flexibility index (Phi) is 3.35. The van der Waals surface area contributed by atoms with Gasteiger partial charge in [-0.2, -0.15) is 0 Å². The van der Waals surface area contributed by atoms with E-state index in [1.165, 1.54) is 13.2 Å². The molecule has 14 heavy (non-hydrogen) atoms. The van der Waals surface area contributed by atoms with Crippen molar-refractivity contribution in [2.75, 3.05) is 7.11 Å². The maximum Gasteiger partial charge on any atom is 0.221 e. The molecule has 0 radical (unpaired) electrons. The molecule has 4 nitrogen and oxygen atoms in total. The van der Waals surface area contributed by atoms with E-state index in [0.717, 1.165) is 0 Å². The zero-order valence-corrected chi connectivity index (χ0v) is 9.17. The summed E-state index contributed by atoms with van der Waals surface area (Å²) in [4.78, 5) is 10.7. The largest absolute Gasteiger partial charge is 0.504 e. The highest BCUT2D eigenvalue weighted by atomic mass is 79.9. The van der Waals surface area contributed by atoms with Gasteiger partial charge in [-0.05, 0) is 17.7 Å². The van der Waals surface area contributed by atoms with E-state index in [0.29, 0.717) is 15.8 Å². The number of phenols is 1. The zero-order valence-electron chi connectivity index (χ0n) is 7.58. The summed E-state index contributed by atoms with van der Waals surface area (Å²) in [6.45, 7) is 0. The molecule has 0 aliphatic rings. The summed E-state index contributed by atoms with van der Waals surface area (Å²) in [6, 6.07) is 3.04. The minimum atomic E-state index is -0.449. The fourth-order valence-corrected chi connectivity index (χ4v) is 1.54. The highest BCUT2D eigenvalue weighted by molar-refractivity contribution is 9.10. The average molecular weight is 260 g/mol. The number of halogens is 1. The predicted octanol–water partition coefficient (Wildman–Crippen LogP) is 1.19. The number of aromatic hydroxyl groups is 1. The number of methoxy groups -OCH3 is 1. The van der Waals surface area contributed by atoms with Crippen LogP contribution in [0.3, 0.4) is 0 Å². The summed E-state index contributed by atoms with van der Waals surface area (Å²) in [7, 11) is 1.45. The van der Waals surface area contributed by atoms with Gasteiger partial charge in [0.15, 0.2) is 11.5 Å². The first kappa shape index (κ1) is 10.8. The molecular weight excluding hydrogens is 250 g/mol. The Bertz CT molecular complexity index is 365. The van der Waals surface area contributed by atoms with Crippen molar-refractivity contribution in [3.8, 4) is 11.5 Å². The molecule has 0 aliphatic heterocycles. The maximum absolute atomic E-state index is 10.7. The zero-order chi connectivity index (χ0) is 10.7. The Morgan fingerprint density at radius 1 is 1.64 bits per heavy atom. The Balaban J connectivity index is 3.08. The number of phenolic OH excluding ortho intramolecular Hbond substituents is 1. The number of amides is 1. The second kappa shape index (κ2) is 4.32. The number of benzene rings is 1. The molecule has 0 aliphatic carbocycles. The fraction of sp³-hybridized carbons (Fsp3) is 0.222. The number of hydrogen-bond acceptors (Lipinski definition) is 3. The minimum Gasteiger partial charge on any atom is -0.504 e. The lowest BCUT2D eigenvalue weighted by Gasteiger charge is -2.07. The quantitative estimate of drug-likeness (QED) is 0.857. The number of primary amides is 1. The number of hydrogen-bond donors (Lipinski definition) is 2. The number of ether oxygens (including phenoxy) is 1. The first-order chi connectivity index (χ1) is 6.54. The molecule has 0 saturated heterocycles. The normalized spacial score (nSPS) is 9.86. The Hall–Kier alpha value is -1.23. The first-order valence-electron chi connectivity index (χ1n) is 3.88. The second-order valence-electron chi connectivity index (χ2n) is 2.76. The molecule has 1 aromatic rings. The van der Waals surface area contributed by atoms with E-state index in [9.17, 15) is 9.90 Å². The molecule has 0 aromatic heterocycles. The molecule has 1 rings (SSSR count). The summed E-state index contributed by atoms with van der Waals surface area (Å²) in [5.74, 6) is -0.104. The van der Waals surface area contributed by atoms with E-state index in [4.69, 9.17) is 10.5 Å². The van der Waals surface area contributed by atoms with E-state index >= 15 is 0 Å². The van der Waals surface area contributed by atoms with Crippen LogP contribution in [0.15, 0.2) is 16.6 Å². The van der Waals surface area contributed by atoms with E-state index in [-0.39, 0.29) is 12.2 Å². The van der Waals surface area contributed by atoms with Crippen LogP contribution in [-0.2, 0) is 11.2 Å². The van der Waals surface area contributed by atoms with Crippen LogP contribution in [0.5, 0.6) is 11.5 Å². The average Bonchev–Trinajstić information content (AvgIpc) is 2.10. The van der Waals surface area contributed by atoms with Crippen LogP contribution >= 0.6 is 15.9 Å². The molecule has 1 aromatic carbocycles. The monoisotopic (exact) mass is 259 g/mol. The molecule has 3 N–H and O–H groups in total. The highest BCUT2D eigenvalue weighted by Crippen LogP contribution is 2.32. The van der Waals surface area contributed by atoms with Crippen LogP contribution in [0.2, 0.25) is 0 Å². The lowest BCUT2D eigenvalue weighted by atomic mass is 10.1. The van der Waals surface area contributed by atoms with Crippen LogP contribution in [0.1, 0.15) is 5.56 Å². The van der Waals surface area contributed by atoms with Gasteiger partial charge in [0.25, 0.3) is 0 Å². The van der Waals surface area contributed by atoms with Crippen molar-refractivity contribution in [1.29, 1.82) is 0 Å². The summed E-state index contributed by atoms with van der Waals surface area (Å²) < 4.78 is 5.58. The summed E-state index contributed by atoms with van der Waals surface area (Å²) in [5.41, 5.74) is 5.68. The van der Waals surface area contributed by atoms with Gasteiger partial charge in [-0.1, -0.05) is 15.9 Å². The molecule has 0 saturated carbocycles. The topological polar surface area (TPSA) is 72.5 Å². The number of carbonyl (C=O) groups is 1. The molecule has 76 valence electrons. The van der Waals surface area contributed by atoms with Crippen molar-refractivity contribution in [2.24, 2.45) is 5.73 Å². The number of carbonyl (C=O) groups excluding carboxylic acids is 1. The van der Waals surface area contributed by atoms with E-state index < -0.39 is 5.91 Å². The van der Waals surface area contributed by atoms with Gasteiger partial charge in [-0.3, -0.25) is 4.79 Å². The molecule has 0 fully saturated rings. The molecule has 0 spiro atoms. The SMILES string of the molecule is COc1cc(Br)c(CC(N)=O)cc1O. The Morgan fingerprint density at radius 3 is 2.79 bits per heavy atom. The molecular formula is C9H10BrNO3. The predicted molar refractivity (Wildman–Crippen MR) is 55.3 cm³/mol. The van der Waals surface area contributed by atoms with Crippen molar-refractivity contribution >= 4 is 21.8 Å². The van der Waals surface area contributed by atoms with E-state index in [2.05, 4.69) is 15.9 Å². The molecule has 5 heteroatoms. The minimum absolute atomic E-state index is 0.00745. The van der Waals surface area contributed by atoms with Gasteiger partial charge in [-0.15, -0.1) is 0 Å². The number of nitrogens with two attached hydrogens (primary N) is 1. The van der Waals surface area contributed by atoms with Crippen molar-refractivity contribution < 1.29 is 14.6 Å². The van der Waals surface area contributed by atoms with Crippen LogP contribution in [-0.4, -0.2) is 18.1 Å². The Morgan fingerprint density at radius 2 is 2.29 bits per heavy atom. The lowest BCUT2D eigenvalue weighted by Crippen LogP contribution is -2.13. The summed E-state index contributed by atoms with van der Waals surface area (Å²) in [6.07, 6.45) is 0.0815. The van der Waals surface area contributed by atoms with Gasteiger partial charge < -0.3 is 15.6 Å². The molecule has 0 heterocycles. The third kappa shape index (κ3) is 2.38. The van der Waals surface area contributed by atoms with Gasteiger partial charge in [0.1, 0.15) is 0 Å². The van der Waals surface area contributed by atoms with Crippen LogP contribution in [0.4, 0.5) is 0 Å². The first-order valence-corrected chi connectivity index (χ1v) is 4.67. The van der Waals surface area contributed by atoms with Gasteiger partial charge in [-0.25, -0.2) is 0 Å². The summed E-state index contributed by atoms with van der Waals surface area (Å²) >= 11 is 3.25. The third-order valence-corrected chi connectivity index (χ3v) is 2.45. The van der Waals surface area contributed by atoms with Crippen LogP contribution in [0.25, 0.3) is 0 Å². The lowest BCUT2D eigenvalue weighted by molar-refractivity contribution is -0.117. The van der Waals surface area contributed by atoms with Crippen molar-refractivity contribution in [3.05, 3.63) is 22.2 Å². The smallest absolute Gasteiger partial charge is 0.221 e. The van der Waals surface area contributed by atoms with Gasteiger partial charge >= 0.3 is 0 Å². The molecule has 0 unspecified atom stereocenters. The Labute approximate surface area is 89.8 Å². The molecule has 0 bridgehead atoms. The van der Waals surface area contributed by atoms with Crippen molar-refractivity contribution in [3.63, 3.8) is 0 Å². The van der Waals surface area contributed by atoms with Gasteiger partial charge in [0, 0.05) is 4.47 Å².